The summed E-state index contributed by atoms with van der Waals surface area (Å²) in [4.78, 5) is 22.9. The Labute approximate surface area is 169 Å². The van der Waals surface area contributed by atoms with E-state index in [4.69, 9.17) is 0 Å². The molecule has 1 heterocycles. The SMILES string of the molecule is C=CCSc1nnc(NC(=O)[C@H](C)N(c2cccc([N+](=O)[O-])c2)S(C)(=O)=O)s1. The molecule has 2 rings (SSSR count). The van der Waals surface area contributed by atoms with Crippen LogP contribution in [-0.4, -0.2) is 47.5 Å². The smallest absolute Gasteiger partial charge is 0.271 e. The van der Waals surface area contributed by atoms with Crippen LogP contribution in [0.4, 0.5) is 16.5 Å². The van der Waals surface area contributed by atoms with E-state index in [2.05, 4.69) is 22.1 Å². The Kier molecular flexibility index (Phi) is 7.10. The fourth-order valence-electron chi connectivity index (χ4n) is 2.21. The topological polar surface area (TPSA) is 135 Å². The van der Waals surface area contributed by atoms with Gasteiger partial charge in [-0.3, -0.25) is 24.5 Å². The van der Waals surface area contributed by atoms with Crippen LogP contribution in [0.5, 0.6) is 0 Å². The van der Waals surface area contributed by atoms with E-state index in [0.717, 1.165) is 28.0 Å². The number of amides is 1. The number of nitro groups is 1. The summed E-state index contributed by atoms with van der Waals surface area (Å²) in [7, 11) is -3.90. The molecule has 0 aliphatic rings. The van der Waals surface area contributed by atoms with Gasteiger partial charge >= 0.3 is 0 Å². The maximum atomic E-state index is 12.6. The lowest BCUT2D eigenvalue weighted by Gasteiger charge is -2.27. The average molecular weight is 444 g/mol. The maximum absolute atomic E-state index is 12.6. The summed E-state index contributed by atoms with van der Waals surface area (Å²) in [5.41, 5.74) is -0.273. The Morgan fingerprint density at radius 3 is 2.82 bits per heavy atom. The molecule has 0 radical (unpaired) electrons. The molecule has 0 bridgehead atoms. The lowest BCUT2D eigenvalue weighted by atomic mass is 10.2. The molecule has 2 aromatic rings. The van der Waals surface area contributed by atoms with Gasteiger partial charge < -0.3 is 0 Å². The molecule has 0 unspecified atom stereocenters. The standard InChI is InChI=1S/C15H17N5O5S3/c1-4-8-26-15-18-17-14(27-15)16-13(21)10(2)19(28(3,24)25)11-6-5-7-12(9-11)20(22)23/h4-7,9-10H,1,8H2,2-3H3,(H,16,17,21)/t10-/m0/s1. The van der Waals surface area contributed by atoms with Crippen LogP contribution in [0.3, 0.4) is 0 Å². The van der Waals surface area contributed by atoms with Gasteiger partial charge in [0.05, 0.1) is 16.9 Å². The van der Waals surface area contributed by atoms with E-state index in [9.17, 15) is 23.3 Å². The Hall–Kier alpha value is -2.51. The Bertz CT molecular complexity index is 991. The molecular formula is C15H17N5O5S3. The van der Waals surface area contributed by atoms with Crippen LogP contribution in [-0.2, 0) is 14.8 Å². The molecule has 1 N–H and O–H groups in total. The van der Waals surface area contributed by atoms with E-state index in [0.29, 0.717) is 10.1 Å². The average Bonchev–Trinajstić information content (AvgIpc) is 3.06. The molecule has 1 atom stereocenters. The summed E-state index contributed by atoms with van der Waals surface area (Å²) in [6.45, 7) is 4.98. The number of nitrogens with one attached hydrogen (secondary N) is 1. The fraction of sp³-hybridized carbons (Fsp3) is 0.267. The van der Waals surface area contributed by atoms with Crippen LogP contribution < -0.4 is 9.62 Å². The number of carbonyl (C=O) groups excluding carboxylic acids is 1. The first-order chi connectivity index (χ1) is 13.1. The number of hydrogen-bond acceptors (Lipinski definition) is 9. The molecule has 1 aromatic carbocycles. The number of hydrogen-bond donors (Lipinski definition) is 1. The van der Waals surface area contributed by atoms with Gasteiger partial charge in [0.2, 0.25) is 21.1 Å². The van der Waals surface area contributed by atoms with Gasteiger partial charge in [-0.05, 0) is 13.0 Å². The van der Waals surface area contributed by atoms with Gasteiger partial charge in [-0.2, -0.15) is 0 Å². The van der Waals surface area contributed by atoms with Crippen molar-refractivity contribution >= 4 is 55.5 Å². The number of nitro benzene ring substituents is 1. The molecule has 0 fully saturated rings. The van der Waals surface area contributed by atoms with Crippen LogP contribution in [0.1, 0.15) is 6.92 Å². The largest absolute Gasteiger partial charge is 0.299 e. The number of aromatic nitrogens is 2. The first-order valence-electron chi connectivity index (χ1n) is 7.75. The Morgan fingerprint density at radius 1 is 1.50 bits per heavy atom. The van der Waals surface area contributed by atoms with Crippen LogP contribution in [0.25, 0.3) is 0 Å². The second-order valence-corrected chi connectivity index (χ2v) is 9.58. The monoisotopic (exact) mass is 443 g/mol. The predicted molar refractivity (Wildman–Crippen MR) is 109 cm³/mol. The molecule has 0 aliphatic heterocycles. The van der Waals surface area contributed by atoms with Crippen molar-refractivity contribution in [3.05, 3.63) is 47.0 Å². The highest BCUT2D eigenvalue weighted by molar-refractivity contribution is 8.01. The van der Waals surface area contributed by atoms with Gasteiger partial charge in [-0.1, -0.05) is 35.2 Å². The third-order valence-electron chi connectivity index (χ3n) is 3.34. The quantitative estimate of drug-likeness (QED) is 0.205. The number of sulfonamides is 1. The van der Waals surface area contributed by atoms with Crippen molar-refractivity contribution in [2.45, 2.75) is 17.3 Å². The van der Waals surface area contributed by atoms with Gasteiger partial charge in [-0.25, -0.2) is 8.42 Å². The van der Waals surface area contributed by atoms with Crippen molar-refractivity contribution in [1.82, 2.24) is 10.2 Å². The zero-order valence-corrected chi connectivity index (χ0v) is 17.4. The van der Waals surface area contributed by atoms with Crippen molar-refractivity contribution < 1.29 is 18.1 Å². The Balaban J connectivity index is 2.25. The van der Waals surface area contributed by atoms with Crippen LogP contribution in [0.2, 0.25) is 0 Å². The third-order valence-corrected chi connectivity index (χ3v) is 6.55. The Morgan fingerprint density at radius 2 is 2.21 bits per heavy atom. The molecule has 150 valence electrons. The molecular weight excluding hydrogens is 426 g/mol. The number of non-ortho nitro benzene ring substituents is 1. The number of carbonyl (C=O) groups is 1. The van der Waals surface area contributed by atoms with E-state index in [1.165, 1.54) is 36.9 Å². The number of thioether (sulfide) groups is 1. The van der Waals surface area contributed by atoms with Crippen LogP contribution in [0.15, 0.2) is 41.3 Å². The third kappa shape index (κ3) is 5.50. The van der Waals surface area contributed by atoms with E-state index in [1.807, 2.05) is 0 Å². The second-order valence-electron chi connectivity index (χ2n) is 5.47. The predicted octanol–water partition coefficient (Wildman–Crippen LogP) is 2.52. The maximum Gasteiger partial charge on any atom is 0.271 e. The molecule has 1 amide bonds. The summed E-state index contributed by atoms with van der Waals surface area (Å²) in [6, 6.07) is 3.89. The second kappa shape index (κ2) is 9.12. The lowest BCUT2D eigenvalue weighted by Crippen LogP contribution is -2.45. The molecule has 1 aromatic heterocycles. The summed E-state index contributed by atoms with van der Waals surface area (Å²) in [6.07, 6.45) is 2.63. The van der Waals surface area contributed by atoms with Gasteiger partial charge in [0.15, 0.2) is 4.34 Å². The van der Waals surface area contributed by atoms with Gasteiger partial charge in [-0.15, -0.1) is 16.8 Å². The summed E-state index contributed by atoms with van der Waals surface area (Å²) >= 11 is 2.54. The van der Waals surface area contributed by atoms with Gasteiger partial charge in [0, 0.05) is 17.9 Å². The zero-order valence-electron chi connectivity index (χ0n) is 14.9. The first kappa shape index (κ1) is 21.8. The van der Waals surface area contributed by atoms with Gasteiger partial charge in [0.25, 0.3) is 5.69 Å². The highest BCUT2D eigenvalue weighted by atomic mass is 32.2. The van der Waals surface area contributed by atoms with Crippen molar-refractivity contribution in [3.63, 3.8) is 0 Å². The molecule has 0 spiro atoms. The fourth-order valence-corrected chi connectivity index (χ4v) is 4.89. The van der Waals surface area contributed by atoms with E-state index < -0.39 is 26.9 Å². The normalized spacial score (nSPS) is 12.2. The molecule has 0 saturated carbocycles. The highest BCUT2D eigenvalue weighted by Crippen LogP contribution is 2.28. The van der Waals surface area contributed by atoms with Crippen LogP contribution in [0, 0.1) is 10.1 Å². The minimum absolute atomic E-state index is 0.0128. The molecule has 10 nitrogen and oxygen atoms in total. The minimum atomic E-state index is -3.90. The van der Waals surface area contributed by atoms with Gasteiger partial charge in [0.1, 0.15) is 6.04 Å². The van der Waals surface area contributed by atoms with E-state index >= 15 is 0 Å². The molecule has 13 heteroatoms. The lowest BCUT2D eigenvalue weighted by molar-refractivity contribution is -0.384. The minimum Gasteiger partial charge on any atom is -0.299 e. The molecule has 28 heavy (non-hydrogen) atoms. The highest BCUT2D eigenvalue weighted by Gasteiger charge is 2.30. The zero-order chi connectivity index (χ0) is 20.9. The van der Waals surface area contributed by atoms with E-state index in [-0.39, 0.29) is 16.5 Å². The number of rotatable bonds is 9. The molecule has 0 aliphatic carbocycles. The van der Waals surface area contributed by atoms with Crippen molar-refractivity contribution in [2.24, 2.45) is 0 Å². The number of nitrogens with zero attached hydrogens (tertiary/aromatic N) is 4. The van der Waals surface area contributed by atoms with Crippen molar-refractivity contribution in [2.75, 3.05) is 21.6 Å². The number of anilines is 2. The van der Waals surface area contributed by atoms with Crippen molar-refractivity contribution in [1.29, 1.82) is 0 Å². The summed E-state index contributed by atoms with van der Waals surface area (Å²) in [5, 5.41) is 21.5. The summed E-state index contributed by atoms with van der Waals surface area (Å²) in [5.74, 6) is -0.0125. The van der Waals surface area contributed by atoms with Crippen molar-refractivity contribution in [3.8, 4) is 0 Å². The number of benzene rings is 1. The first-order valence-corrected chi connectivity index (χ1v) is 11.4. The van der Waals surface area contributed by atoms with Crippen LogP contribution >= 0.6 is 23.1 Å². The summed E-state index contributed by atoms with van der Waals surface area (Å²) < 4.78 is 26.0. The van der Waals surface area contributed by atoms with E-state index in [1.54, 1.807) is 6.08 Å². The molecule has 0 saturated heterocycles.